The Balaban J connectivity index is 2.41. The molecule has 1 heterocycles. The van der Waals surface area contributed by atoms with E-state index >= 15 is 0 Å². The molecule has 1 aromatic carbocycles. The van der Waals surface area contributed by atoms with E-state index in [1.807, 2.05) is 30.3 Å². The lowest BCUT2D eigenvalue weighted by molar-refractivity contribution is 0.330. The van der Waals surface area contributed by atoms with E-state index in [4.69, 9.17) is 0 Å². The van der Waals surface area contributed by atoms with Crippen LogP contribution in [0.4, 0.5) is 0 Å². The Morgan fingerprint density at radius 2 is 1.88 bits per heavy atom. The van der Waals surface area contributed by atoms with E-state index in [9.17, 15) is 5.11 Å². The molecular weight excluding hydrogens is 198 g/mol. The second kappa shape index (κ2) is 4.79. The Bertz CT molecular complexity index is 453. The fourth-order valence-corrected chi connectivity index (χ4v) is 1.99. The monoisotopic (exact) mass is 212 g/mol. The summed E-state index contributed by atoms with van der Waals surface area (Å²) in [5.41, 5.74) is 1.96. The summed E-state index contributed by atoms with van der Waals surface area (Å²) >= 11 is 0. The molecule has 1 unspecified atom stereocenters. The normalized spacial score (nSPS) is 12.3. The molecule has 0 saturated heterocycles. The molecule has 2 heteroatoms. The van der Waals surface area contributed by atoms with Gasteiger partial charge in [-0.1, -0.05) is 43.3 Å². The minimum atomic E-state index is -0.113. The summed E-state index contributed by atoms with van der Waals surface area (Å²) < 4.78 is 0. The molecule has 81 valence electrons. The van der Waals surface area contributed by atoms with Gasteiger partial charge in [-0.05, 0) is 18.1 Å². The van der Waals surface area contributed by atoms with E-state index in [0.29, 0.717) is 0 Å². The predicted molar refractivity (Wildman–Crippen MR) is 62.9 cm³/mol. The molecule has 0 saturated carbocycles. The third-order valence-electron chi connectivity index (χ3n) is 2.79. The van der Waals surface area contributed by atoms with Gasteiger partial charge in [0.15, 0.2) is 0 Å². The van der Waals surface area contributed by atoms with Gasteiger partial charge in [0, 0.05) is 17.7 Å². The first-order valence-electron chi connectivity index (χ1n) is 5.49. The van der Waals surface area contributed by atoms with Crippen molar-refractivity contribution in [3.05, 3.63) is 59.8 Å². The average Bonchev–Trinajstić information content (AvgIpc) is 2.34. The molecule has 0 aliphatic heterocycles. The van der Waals surface area contributed by atoms with Gasteiger partial charge in [0.1, 0.15) is 0 Å². The highest BCUT2D eigenvalue weighted by molar-refractivity contribution is 5.36. The minimum Gasteiger partial charge on any atom is -0.267 e. The number of nitrogens with zero attached hydrogens (tertiary/aromatic N) is 1. The molecule has 2 nitrogen and oxygen atoms in total. The number of rotatable bonds is 3. The van der Waals surface area contributed by atoms with Gasteiger partial charge in [0.25, 0.3) is 5.88 Å². The largest absolute Gasteiger partial charge is 0.273 e. The van der Waals surface area contributed by atoms with Crippen molar-refractivity contribution in [1.29, 1.82) is 0 Å². The van der Waals surface area contributed by atoms with Crippen LogP contribution in [-0.4, -0.2) is 4.98 Å². The second-order valence-electron chi connectivity index (χ2n) is 3.77. The van der Waals surface area contributed by atoms with Crippen LogP contribution in [0.5, 0.6) is 5.88 Å². The van der Waals surface area contributed by atoms with Crippen molar-refractivity contribution in [3.63, 3.8) is 0 Å². The summed E-state index contributed by atoms with van der Waals surface area (Å²) in [4.78, 5) is 3.82. The van der Waals surface area contributed by atoms with Crippen molar-refractivity contribution in [2.45, 2.75) is 19.3 Å². The first-order valence-corrected chi connectivity index (χ1v) is 5.49. The number of hydrogen-bond acceptors (Lipinski definition) is 1. The maximum absolute atomic E-state index is 11.7. The topological polar surface area (TPSA) is 32.8 Å². The van der Waals surface area contributed by atoms with Crippen LogP contribution in [0.3, 0.4) is 0 Å². The first kappa shape index (κ1) is 10.7. The third-order valence-corrected chi connectivity index (χ3v) is 2.79. The lowest BCUT2D eigenvalue weighted by atomic mass is 9.90. The summed E-state index contributed by atoms with van der Waals surface area (Å²) in [6.07, 6.45) is 2.45. The van der Waals surface area contributed by atoms with Gasteiger partial charge < -0.3 is 0 Å². The predicted octanol–water partition coefficient (Wildman–Crippen LogP) is 3.77. The van der Waals surface area contributed by atoms with Gasteiger partial charge in [-0.2, -0.15) is 0 Å². The molecular formula is C14H14NO. The Kier molecular flexibility index (Phi) is 3.20. The van der Waals surface area contributed by atoms with Crippen molar-refractivity contribution in [1.82, 2.24) is 4.98 Å². The fourth-order valence-electron chi connectivity index (χ4n) is 1.99. The molecule has 1 radical (unpaired) electrons. The Labute approximate surface area is 95.6 Å². The molecule has 16 heavy (non-hydrogen) atoms. The van der Waals surface area contributed by atoms with Crippen LogP contribution in [0, 0.1) is 0 Å². The Hall–Kier alpha value is -1.83. The quantitative estimate of drug-likeness (QED) is 0.762. The summed E-state index contributed by atoms with van der Waals surface area (Å²) in [6, 6.07) is 13.8. The zero-order valence-corrected chi connectivity index (χ0v) is 9.26. The SMILES string of the molecule is CCC(c1ccccc1)c1cccnc1[O]. The van der Waals surface area contributed by atoms with Crippen LogP contribution < -0.4 is 0 Å². The molecule has 1 aromatic heterocycles. The summed E-state index contributed by atoms with van der Waals surface area (Å²) in [5, 5.41) is 11.7. The van der Waals surface area contributed by atoms with Crippen molar-refractivity contribution in [2.75, 3.05) is 0 Å². The van der Waals surface area contributed by atoms with Crippen LogP contribution in [0.2, 0.25) is 0 Å². The van der Waals surface area contributed by atoms with Gasteiger partial charge in [-0.25, -0.2) is 4.98 Å². The molecule has 2 rings (SSSR count). The second-order valence-corrected chi connectivity index (χ2v) is 3.77. The summed E-state index contributed by atoms with van der Waals surface area (Å²) in [7, 11) is 0. The van der Waals surface area contributed by atoms with Crippen LogP contribution >= 0.6 is 0 Å². The van der Waals surface area contributed by atoms with Crippen LogP contribution in [0.25, 0.3) is 0 Å². The molecule has 0 aliphatic carbocycles. The van der Waals surface area contributed by atoms with Crippen molar-refractivity contribution < 1.29 is 5.11 Å². The van der Waals surface area contributed by atoms with E-state index in [1.54, 1.807) is 6.20 Å². The van der Waals surface area contributed by atoms with Crippen molar-refractivity contribution >= 4 is 0 Å². The van der Waals surface area contributed by atoms with E-state index in [0.717, 1.165) is 12.0 Å². The van der Waals surface area contributed by atoms with E-state index in [-0.39, 0.29) is 11.8 Å². The standard InChI is InChI=1S/C14H14NO/c1-2-12(11-7-4-3-5-8-11)13-9-6-10-15-14(13)16/h3-10,12H,2H2,1H3. The molecule has 0 bridgehead atoms. The number of hydrogen-bond donors (Lipinski definition) is 0. The summed E-state index contributed by atoms with van der Waals surface area (Å²) in [5.74, 6) is 0.0422. The molecule has 0 aliphatic rings. The van der Waals surface area contributed by atoms with Gasteiger partial charge in [0.2, 0.25) is 0 Å². The average molecular weight is 212 g/mol. The van der Waals surface area contributed by atoms with Crippen molar-refractivity contribution in [2.24, 2.45) is 0 Å². The van der Waals surface area contributed by atoms with E-state index in [2.05, 4.69) is 24.0 Å². The van der Waals surface area contributed by atoms with Gasteiger partial charge in [-0.3, -0.25) is 5.11 Å². The Morgan fingerprint density at radius 3 is 2.50 bits per heavy atom. The van der Waals surface area contributed by atoms with Gasteiger partial charge >= 0.3 is 0 Å². The third kappa shape index (κ3) is 2.06. The van der Waals surface area contributed by atoms with Crippen LogP contribution in [-0.2, 0) is 5.11 Å². The summed E-state index contributed by atoms with van der Waals surface area (Å²) in [6.45, 7) is 2.09. The molecule has 0 fully saturated rings. The highest BCUT2D eigenvalue weighted by atomic mass is 16.3. The number of benzene rings is 1. The lowest BCUT2D eigenvalue weighted by Crippen LogP contribution is -2.00. The fraction of sp³-hybridized carbons (Fsp3) is 0.214. The van der Waals surface area contributed by atoms with Crippen LogP contribution in [0.1, 0.15) is 30.4 Å². The smallest absolute Gasteiger partial charge is 0.267 e. The van der Waals surface area contributed by atoms with Crippen LogP contribution in [0.15, 0.2) is 48.7 Å². The number of pyridine rings is 1. The minimum absolute atomic E-state index is 0.113. The maximum atomic E-state index is 11.7. The molecule has 0 amide bonds. The van der Waals surface area contributed by atoms with E-state index < -0.39 is 0 Å². The highest BCUT2D eigenvalue weighted by Crippen LogP contribution is 2.32. The lowest BCUT2D eigenvalue weighted by Gasteiger charge is -2.15. The molecule has 1 atom stereocenters. The highest BCUT2D eigenvalue weighted by Gasteiger charge is 2.16. The molecule has 0 N–H and O–H groups in total. The number of aromatic nitrogens is 1. The van der Waals surface area contributed by atoms with E-state index in [1.165, 1.54) is 5.56 Å². The Morgan fingerprint density at radius 1 is 1.12 bits per heavy atom. The zero-order chi connectivity index (χ0) is 11.4. The molecule has 2 aromatic rings. The van der Waals surface area contributed by atoms with Crippen molar-refractivity contribution in [3.8, 4) is 5.88 Å². The zero-order valence-electron chi connectivity index (χ0n) is 9.26. The van der Waals surface area contributed by atoms with Gasteiger partial charge in [-0.15, -0.1) is 0 Å². The van der Waals surface area contributed by atoms with Gasteiger partial charge in [0.05, 0.1) is 0 Å². The first-order chi connectivity index (χ1) is 7.83. The maximum Gasteiger partial charge on any atom is 0.273 e. The molecule has 0 spiro atoms.